The topological polar surface area (TPSA) is 44.7 Å². The van der Waals surface area contributed by atoms with Crippen LogP contribution < -0.4 is 10.3 Å². The maximum atomic E-state index is 11.5. The van der Waals surface area contributed by atoms with Crippen molar-refractivity contribution in [2.45, 2.75) is 13.5 Å². The summed E-state index contributed by atoms with van der Waals surface area (Å²) < 4.78 is 0. The molecule has 0 unspecified atom stereocenters. The minimum atomic E-state index is 0.575. The molecule has 0 radical (unpaired) electrons. The molecular weight excluding hydrogens is 370 g/mol. The highest BCUT2D eigenvalue weighted by atomic mass is 35.5. The highest BCUT2D eigenvalue weighted by Crippen LogP contribution is 2.24. The van der Waals surface area contributed by atoms with Gasteiger partial charge in [-0.05, 0) is 30.7 Å². The summed E-state index contributed by atoms with van der Waals surface area (Å²) in [7, 11) is 0. The van der Waals surface area contributed by atoms with Gasteiger partial charge in [0.2, 0.25) is 6.41 Å². The molecule has 4 nitrogen and oxygen atoms in total. The number of anilines is 1. The number of nitrogens with one attached hydrogen (secondary N) is 1. The maximum Gasteiger partial charge on any atom is 0.214 e. The van der Waals surface area contributed by atoms with Gasteiger partial charge in [0.1, 0.15) is 0 Å². The summed E-state index contributed by atoms with van der Waals surface area (Å²) in [5.74, 6) is 0. The van der Waals surface area contributed by atoms with Crippen molar-refractivity contribution in [3.8, 4) is 0 Å². The SMILES string of the molecule is CCN(C=O)c1ccccc1/C(=N\NCc1ccccc1)c1ccc(Cl)cc1. The molecule has 0 bridgehead atoms. The molecule has 0 saturated carbocycles. The number of carbonyl (C=O) groups excluding carboxylic acids is 1. The molecule has 0 spiro atoms. The van der Waals surface area contributed by atoms with Crippen LogP contribution in [0.25, 0.3) is 0 Å². The lowest BCUT2D eigenvalue weighted by Gasteiger charge is -2.20. The van der Waals surface area contributed by atoms with E-state index in [2.05, 4.69) is 10.5 Å². The lowest BCUT2D eigenvalue weighted by atomic mass is 10.00. The first kappa shape index (κ1) is 19.6. The molecule has 1 N–H and O–H groups in total. The zero-order chi connectivity index (χ0) is 19.8. The number of hydrogen-bond acceptors (Lipinski definition) is 3. The Morgan fingerprint density at radius 1 is 1.00 bits per heavy atom. The largest absolute Gasteiger partial charge is 0.315 e. The zero-order valence-electron chi connectivity index (χ0n) is 15.7. The minimum absolute atomic E-state index is 0.575. The van der Waals surface area contributed by atoms with E-state index in [4.69, 9.17) is 11.6 Å². The van der Waals surface area contributed by atoms with E-state index in [1.54, 1.807) is 4.90 Å². The Bertz CT molecular complexity index is 940. The second-order valence-corrected chi connectivity index (χ2v) is 6.63. The number of hydrazone groups is 1. The molecule has 5 heteroatoms. The molecule has 3 aromatic rings. The van der Waals surface area contributed by atoms with Crippen molar-refractivity contribution in [2.75, 3.05) is 11.4 Å². The molecule has 0 fully saturated rings. The molecule has 0 aliphatic rings. The summed E-state index contributed by atoms with van der Waals surface area (Å²) in [5.41, 5.74) is 7.66. The molecule has 1 amide bonds. The summed E-state index contributed by atoms with van der Waals surface area (Å²) in [5, 5.41) is 5.35. The summed E-state index contributed by atoms with van der Waals surface area (Å²) in [6, 6.07) is 25.4. The van der Waals surface area contributed by atoms with Crippen molar-refractivity contribution >= 4 is 29.4 Å². The number of hydrogen-bond donors (Lipinski definition) is 1. The summed E-state index contributed by atoms with van der Waals surface area (Å²) >= 11 is 6.06. The molecule has 0 atom stereocenters. The van der Waals surface area contributed by atoms with Gasteiger partial charge in [-0.15, -0.1) is 0 Å². The highest BCUT2D eigenvalue weighted by Gasteiger charge is 2.15. The van der Waals surface area contributed by atoms with Gasteiger partial charge in [0, 0.05) is 22.7 Å². The van der Waals surface area contributed by atoms with Crippen LogP contribution in [-0.2, 0) is 11.3 Å². The maximum absolute atomic E-state index is 11.5. The number of nitrogens with zero attached hydrogens (tertiary/aromatic N) is 2. The third-order valence-electron chi connectivity index (χ3n) is 4.37. The molecule has 3 rings (SSSR count). The number of benzene rings is 3. The first-order chi connectivity index (χ1) is 13.7. The number of halogens is 1. The number of rotatable bonds is 8. The predicted molar refractivity (Wildman–Crippen MR) is 116 cm³/mol. The van der Waals surface area contributed by atoms with E-state index < -0.39 is 0 Å². The fraction of sp³-hybridized carbons (Fsp3) is 0.130. The van der Waals surface area contributed by atoms with Crippen LogP contribution in [0.4, 0.5) is 5.69 Å². The molecule has 0 aromatic heterocycles. The smallest absolute Gasteiger partial charge is 0.214 e. The van der Waals surface area contributed by atoms with Gasteiger partial charge in [0.15, 0.2) is 0 Å². The van der Waals surface area contributed by atoms with Crippen molar-refractivity contribution < 1.29 is 4.79 Å². The molecule has 142 valence electrons. The lowest BCUT2D eigenvalue weighted by Crippen LogP contribution is -2.23. The van der Waals surface area contributed by atoms with Gasteiger partial charge in [0.25, 0.3) is 0 Å². The molecule has 0 aliphatic heterocycles. The Balaban J connectivity index is 2.00. The fourth-order valence-corrected chi connectivity index (χ4v) is 3.05. The Morgan fingerprint density at radius 2 is 1.68 bits per heavy atom. The molecular formula is C23H22ClN3O. The van der Waals surface area contributed by atoms with Gasteiger partial charge in [-0.1, -0.05) is 72.3 Å². The van der Waals surface area contributed by atoms with E-state index >= 15 is 0 Å². The van der Waals surface area contributed by atoms with Crippen LogP contribution in [0.5, 0.6) is 0 Å². The monoisotopic (exact) mass is 391 g/mol. The van der Waals surface area contributed by atoms with Crippen LogP contribution in [0, 0.1) is 0 Å². The lowest BCUT2D eigenvalue weighted by molar-refractivity contribution is -0.107. The second kappa shape index (κ2) is 9.72. The van der Waals surface area contributed by atoms with Gasteiger partial charge in [-0.25, -0.2) is 0 Å². The normalized spacial score (nSPS) is 11.1. The second-order valence-electron chi connectivity index (χ2n) is 6.20. The number of carbonyl (C=O) groups is 1. The van der Waals surface area contributed by atoms with Crippen LogP contribution in [-0.4, -0.2) is 18.7 Å². The van der Waals surface area contributed by atoms with Gasteiger partial charge < -0.3 is 10.3 Å². The van der Waals surface area contributed by atoms with E-state index in [-0.39, 0.29) is 0 Å². The summed E-state index contributed by atoms with van der Waals surface area (Å²) in [4.78, 5) is 13.2. The van der Waals surface area contributed by atoms with Gasteiger partial charge in [-0.2, -0.15) is 5.10 Å². The molecule has 0 heterocycles. The van der Waals surface area contributed by atoms with E-state index in [1.165, 1.54) is 0 Å². The highest BCUT2D eigenvalue weighted by molar-refractivity contribution is 6.30. The molecule has 3 aromatic carbocycles. The van der Waals surface area contributed by atoms with E-state index in [0.29, 0.717) is 18.1 Å². The third-order valence-corrected chi connectivity index (χ3v) is 4.62. The average molecular weight is 392 g/mol. The van der Waals surface area contributed by atoms with Crippen molar-refractivity contribution in [3.63, 3.8) is 0 Å². The Labute approximate surface area is 170 Å². The molecule has 0 aliphatic carbocycles. The van der Waals surface area contributed by atoms with Crippen molar-refractivity contribution in [3.05, 3.63) is 101 Å². The van der Waals surface area contributed by atoms with Gasteiger partial charge >= 0.3 is 0 Å². The molecule has 28 heavy (non-hydrogen) atoms. The van der Waals surface area contributed by atoms with E-state index in [0.717, 1.165) is 34.5 Å². The van der Waals surface area contributed by atoms with E-state index in [9.17, 15) is 4.79 Å². The third kappa shape index (κ3) is 4.78. The van der Waals surface area contributed by atoms with Crippen molar-refractivity contribution in [2.24, 2.45) is 5.10 Å². The predicted octanol–water partition coefficient (Wildman–Crippen LogP) is 4.86. The van der Waals surface area contributed by atoms with Crippen LogP contribution in [0.15, 0.2) is 84.0 Å². The van der Waals surface area contributed by atoms with Crippen molar-refractivity contribution in [1.29, 1.82) is 0 Å². The standard InChI is InChI=1S/C23H22ClN3O/c1-2-27(17-28)22-11-7-6-10-21(22)23(19-12-14-20(24)15-13-19)26-25-16-18-8-4-3-5-9-18/h3-15,17,25H,2,16H2,1H3/b26-23-. The van der Waals surface area contributed by atoms with Crippen LogP contribution in [0.3, 0.4) is 0 Å². The van der Waals surface area contributed by atoms with Crippen LogP contribution >= 0.6 is 11.6 Å². The first-order valence-electron chi connectivity index (χ1n) is 9.14. The van der Waals surface area contributed by atoms with Crippen LogP contribution in [0.1, 0.15) is 23.6 Å². The van der Waals surface area contributed by atoms with E-state index in [1.807, 2.05) is 85.8 Å². The fourth-order valence-electron chi connectivity index (χ4n) is 2.92. The minimum Gasteiger partial charge on any atom is -0.315 e. The average Bonchev–Trinajstić information content (AvgIpc) is 2.74. The zero-order valence-corrected chi connectivity index (χ0v) is 16.4. The van der Waals surface area contributed by atoms with Crippen LogP contribution in [0.2, 0.25) is 5.02 Å². The Kier molecular flexibility index (Phi) is 6.82. The van der Waals surface area contributed by atoms with Crippen molar-refractivity contribution in [1.82, 2.24) is 5.43 Å². The quantitative estimate of drug-likeness (QED) is 0.338. The van der Waals surface area contributed by atoms with Gasteiger partial charge in [-0.3, -0.25) is 4.79 Å². The first-order valence-corrected chi connectivity index (χ1v) is 9.52. The Hall–Kier alpha value is -3.11. The summed E-state index contributed by atoms with van der Waals surface area (Å²) in [6.45, 7) is 3.12. The number of amides is 1. The number of para-hydroxylation sites is 1. The Morgan fingerprint density at radius 3 is 2.36 bits per heavy atom. The summed E-state index contributed by atoms with van der Waals surface area (Å²) in [6.07, 6.45) is 0.843. The van der Waals surface area contributed by atoms with Gasteiger partial charge in [0.05, 0.1) is 17.9 Å². The molecule has 0 saturated heterocycles.